The molecule has 1 aliphatic rings. The number of hydrogen-bond acceptors (Lipinski definition) is 4. The number of halogens is 1. The first-order valence-corrected chi connectivity index (χ1v) is 9.82. The number of ether oxygens (including phenoxy) is 2. The maximum Gasteiger partial charge on any atom is 0.191 e. The Morgan fingerprint density at radius 1 is 1.41 bits per heavy atom. The van der Waals surface area contributed by atoms with Crippen molar-refractivity contribution < 1.29 is 9.47 Å². The van der Waals surface area contributed by atoms with Crippen molar-refractivity contribution >= 4 is 29.9 Å². The molecular weight excluding hydrogens is 455 g/mol. The van der Waals surface area contributed by atoms with Gasteiger partial charge in [-0.1, -0.05) is 19.9 Å². The molecule has 1 aromatic rings. The fraction of sp³-hybridized carbons (Fsp3) is 0.700. The number of hydrogen-bond donors (Lipinski definition) is 2. The van der Waals surface area contributed by atoms with E-state index in [1.807, 2.05) is 18.5 Å². The summed E-state index contributed by atoms with van der Waals surface area (Å²) < 4.78 is 11.1. The lowest BCUT2D eigenvalue weighted by atomic mass is 9.89. The minimum atomic E-state index is 0. The monoisotopic (exact) mass is 490 g/mol. The second-order valence-corrected chi connectivity index (χ2v) is 6.99. The maximum absolute atomic E-state index is 5.80. The highest BCUT2D eigenvalue weighted by atomic mass is 127. The molecule has 0 radical (unpaired) electrons. The molecule has 2 N–H and O–H groups in total. The lowest BCUT2D eigenvalue weighted by Gasteiger charge is -2.20. The fourth-order valence-electron chi connectivity index (χ4n) is 3.00. The van der Waals surface area contributed by atoms with Crippen LogP contribution in [-0.4, -0.2) is 56.5 Å². The summed E-state index contributed by atoms with van der Waals surface area (Å²) in [5, 5.41) is 6.73. The van der Waals surface area contributed by atoms with Gasteiger partial charge in [-0.25, -0.2) is 0 Å². The van der Waals surface area contributed by atoms with Crippen LogP contribution in [0.25, 0.3) is 0 Å². The van der Waals surface area contributed by atoms with Gasteiger partial charge in [-0.05, 0) is 37.3 Å². The average molecular weight is 490 g/mol. The van der Waals surface area contributed by atoms with E-state index in [1.54, 1.807) is 0 Å². The molecule has 0 aliphatic carbocycles. The Morgan fingerprint density at radius 3 is 2.89 bits per heavy atom. The molecule has 6 nitrogen and oxygen atoms in total. The van der Waals surface area contributed by atoms with E-state index in [0.717, 1.165) is 58.3 Å². The van der Waals surface area contributed by atoms with Crippen LogP contribution in [0.1, 0.15) is 45.1 Å². The first kappa shape index (κ1) is 24.1. The summed E-state index contributed by atoms with van der Waals surface area (Å²) in [4.78, 5) is 9.04. The number of rotatable bonds is 10. The number of aromatic nitrogens is 1. The van der Waals surface area contributed by atoms with Gasteiger partial charge in [-0.3, -0.25) is 9.98 Å². The normalized spacial score (nSPS) is 18.2. The standard InChI is InChI=1S/C20H34N4O2.HI/c1-4-22-20(23-10-6-11-26-18-8-12-25-15-18)24-14-19(16(2)3)17-7-5-9-21-13-17;/h5,7,9,13,16,18-19H,4,6,8,10-12,14-15H2,1-3H3,(H2,22,23,24);1H. The molecule has 2 heterocycles. The van der Waals surface area contributed by atoms with Crippen molar-refractivity contribution in [2.45, 2.75) is 45.6 Å². The van der Waals surface area contributed by atoms with Crippen molar-refractivity contribution in [3.63, 3.8) is 0 Å². The molecule has 154 valence electrons. The average Bonchev–Trinajstić information content (AvgIpc) is 3.15. The predicted octanol–water partition coefficient (Wildman–Crippen LogP) is 3.19. The summed E-state index contributed by atoms with van der Waals surface area (Å²) in [6.07, 6.45) is 6.02. The summed E-state index contributed by atoms with van der Waals surface area (Å²) >= 11 is 0. The van der Waals surface area contributed by atoms with Gasteiger partial charge in [-0.2, -0.15) is 0 Å². The first-order chi connectivity index (χ1) is 12.7. The molecule has 2 atom stereocenters. The highest BCUT2D eigenvalue weighted by Gasteiger charge is 2.16. The van der Waals surface area contributed by atoms with Crippen molar-refractivity contribution in [2.24, 2.45) is 10.9 Å². The summed E-state index contributed by atoms with van der Waals surface area (Å²) in [5.41, 5.74) is 1.24. The quantitative estimate of drug-likeness (QED) is 0.228. The second kappa shape index (κ2) is 14.1. The Hall–Kier alpha value is -0.930. The van der Waals surface area contributed by atoms with Gasteiger partial charge < -0.3 is 20.1 Å². The van der Waals surface area contributed by atoms with Gasteiger partial charge in [0.2, 0.25) is 0 Å². The zero-order valence-electron chi connectivity index (χ0n) is 16.8. The van der Waals surface area contributed by atoms with E-state index in [1.165, 1.54) is 5.56 Å². The minimum absolute atomic E-state index is 0. The van der Waals surface area contributed by atoms with Gasteiger partial charge in [-0.15, -0.1) is 24.0 Å². The highest BCUT2D eigenvalue weighted by molar-refractivity contribution is 14.0. The number of aliphatic imine (C=N–C) groups is 1. The van der Waals surface area contributed by atoms with E-state index in [9.17, 15) is 0 Å². The molecule has 1 aromatic heterocycles. The third-order valence-corrected chi connectivity index (χ3v) is 4.56. The number of nitrogens with one attached hydrogen (secondary N) is 2. The van der Waals surface area contributed by atoms with Crippen LogP contribution in [0.15, 0.2) is 29.5 Å². The van der Waals surface area contributed by atoms with E-state index in [0.29, 0.717) is 11.8 Å². The zero-order valence-corrected chi connectivity index (χ0v) is 19.1. The molecule has 0 bridgehead atoms. The van der Waals surface area contributed by atoms with Crippen molar-refractivity contribution in [1.29, 1.82) is 0 Å². The molecule has 27 heavy (non-hydrogen) atoms. The van der Waals surface area contributed by atoms with Crippen LogP contribution in [0.5, 0.6) is 0 Å². The molecule has 0 aromatic carbocycles. The van der Waals surface area contributed by atoms with Gasteiger partial charge in [0, 0.05) is 51.2 Å². The second-order valence-electron chi connectivity index (χ2n) is 6.99. The summed E-state index contributed by atoms with van der Waals surface area (Å²) in [6.45, 7) is 11.3. The van der Waals surface area contributed by atoms with Crippen molar-refractivity contribution in [1.82, 2.24) is 15.6 Å². The molecule has 1 fully saturated rings. The fourth-order valence-corrected chi connectivity index (χ4v) is 3.00. The highest BCUT2D eigenvalue weighted by Crippen LogP contribution is 2.23. The third-order valence-electron chi connectivity index (χ3n) is 4.56. The van der Waals surface area contributed by atoms with Gasteiger partial charge in [0.25, 0.3) is 0 Å². The van der Waals surface area contributed by atoms with Gasteiger partial charge >= 0.3 is 0 Å². The summed E-state index contributed by atoms with van der Waals surface area (Å²) in [5.74, 6) is 1.74. The smallest absolute Gasteiger partial charge is 0.191 e. The van der Waals surface area contributed by atoms with E-state index in [2.05, 4.69) is 42.5 Å². The Labute approximate surface area is 180 Å². The lowest BCUT2D eigenvalue weighted by molar-refractivity contribution is 0.0420. The Bertz CT molecular complexity index is 522. The number of guanidine groups is 1. The molecular formula is C20H35IN4O2. The number of pyridine rings is 1. The van der Waals surface area contributed by atoms with Crippen LogP contribution in [0.3, 0.4) is 0 Å². The van der Waals surface area contributed by atoms with Crippen LogP contribution < -0.4 is 10.6 Å². The van der Waals surface area contributed by atoms with E-state index < -0.39 is 0 Å². The molecule has 0 amide bonds. The Balaban J connectivity index is 0.00000364. The molecule has 0 spiro atoms. The van der Waals surface area contributed by atoms with Crippen LogP contribution >= 0.6 is 24.0 Å². The summed E-state index contributed by atoms with van der Waals surface area (Å²) in [6, 6.07) is 4.13. The van der Waals surface area contributed by atoms with Crippen molar-refractivity contribution in [2.75, 3.05) is 39.5 Å². The van der Waals surface area contributed by atoms with Crippen LogP contribution in [0.2, 0.25) is 0 Å². The third kappa shape index (κ3) is 9.21. The molecule has 0 saturated carbocycles. The molecule has 1 aliphatic heterocycles. The number of nitrogens with zero attached hydrogens (tertiary/aromatic N) is 2. The van der Waals surface area contributed by atoms with E-state index in [4.69, 9.17) is 14.5 Å². The topological polar surface area (TPSA) is 67.8 Å². The summed E-state index contributed by atoms with van der Waals surface area (Å²) in [7, 11) is 0. The lowest BCUT2D eigenvalue weighted by Crippen LogP contribution is -2.38. The zero-order chi connectivity index (χ0) is 18.6. The minimum Gasteiger partial charge on any atom is -0.379 e. The molecule has 1 saturated heterocycles. The van der Waals surface area contributed by atoms with E-state index in [-0.39, 0.29) is 30.1 Å². The van der Waals surface area contributed by atoms with Crippen molar-refractivity contribution in [3.8, 4) is 0 Å². The molecule has 2 unspecified atom stereocenters. The van der Waals surface area contributed by atoms with Gasteiger partial charge in [0.1, 0.15) is 0 Å². The largest absolute Gasteiger partial charge is 0.379 e. The molecule has 7 heteroatoms. The van der Waals surface area contributed by atoms with Gasteiger partial charge in [0.15, 0.2) is 5.96 Å². The van der Waals surface area contributed by atoms with Crippen LogP contribution in [-0.2, 0) is 9.47 Å². The first-order valence-electron chi connectivity index (χ1n) is 9.82. The molecule has 2 rings (SSSR count). The van der Waals surface area contributed by atoms with Crippen LogP contribution in [0, 0.1) is 5.92 Å². The SMILES string of the molecule is CCNC(=NCC(c1cccnc1)C(C)C)NCCCOC1CCOC1.I. The van der Waals surface area contributed by atoms with Crippen LogP contribution in [0.4, 0.5) is 0 Å². The van der Waals surface area contributed by atoms with E-state index >= 15 is 0 Å². The maximum atomic E-state index is 5.80. The van der Waals surface area contributed by atoms with Gasteiger partial charge in [0.05, 0.1) is 12.7 Å². The van der Waals surface area contributed by atoms with Crippen molar-refractivity contribution in [3.05, 3.63) is 30.1 Å². The predicted molar refractivity (Wildman–Crippen MR) is 121 cm³/mol. The Morgan fingerprint density at radius 2 is 2.26 bits per heavy atom. The Kier molecular flexibility index (Phi) is 12.6.